The van der Waals surface area contributed by atoms with E-state index in [-0.39, 0.29) is 18.2 Å². The molecule has 0 N–H and O–H groups in total. The number of carbonyl (C=O) groups is 2. The first-order chi connectivity index (χ1) is 17.0. The summed E-state index contributed by atoms with van der Waals surface area (Å²) in [7, 11) is 3.21. The number of piperazine rings is 1. The molecule has 1 fully saturated rings. The van der Waals surface area contributed by atoms with Gasteiger partial charge in [-0.15, -0.1) is 0 Å². The Kier molecular flexibility index (Phi) is 7.12. The fraction of sp³-hybridized carbons (Fsp3) is 0.520. The molecule has 0 spiro atoms. The molecule has 11 heteroatoms. The zero-order valence-electron chi connectivity index (χ0n) is 21.8. The number of rotatable bonds is 5. The number of aromatic nitrogens is 3. The van der Waals surface area contributed by atoms with E-state index in [2.05, 4.69) is 10.00 Å². The minimum absolute atomic E-state index is 0.0851. The van der Waals surface area contributed by atoms with Crippen molar-refractivity contribution in [1.82, 2.24) is 19.7 Å². The molecule has 1 aliphatic rings. The number of benzene rings is 1. The molecule has 0 radical (unpaired) electrons. The van der Waals surface area contributed by atoms with Crippen LogP contribution in [0.2, 0.25) is 0 Å². The normalized spacial score (nSPS) is 18.4. The number of carbonyl (C=O) groups excluding carboxylic acids is 2. The van der Waals surface area contributed by atoms with Crippen LogP contribution in [0.1, 0.15) is 50.7 Å². The maximum atomic E-state index is 12.8. The number of aryl methyl sites for hydroxylation is 1. The monoisotopic (exact) mass is 515 g/mol. The highest BCUT2D eigenvalue weighted by Crippen LogP contribution is 2.38. The highest BCUT2D eigenvalue weighted by molar-refractivity contribution is 7.20. The zero-order valence-corrected chi connectivity index (χ0v) is 22.6. The molecule has 10 nitrogen and oxygen atoms in total. The van der Waals surface area contributed by atoms with Crippen molar-refractivity contribution in [2.24, 2.45) is 7.05 Å². The molecule has 2 atom stereocenters. The van der Waals surface area contributed by atoms with Gasteiger partial charge in [-0.2, -0.15) is 5.10 Å². The van der Waals surface area contributed by atoms with Gasteiger partial charge >= 0.3 is 12.1 Å². The summed E-state index contributed by atoms with van der Waals surface area (Å²) < 4.78 is 19.1. The highest BCUT2D eigenvalue weighted by atomic mass is 32.1. The first kappa shape index (κ1) is 25.7. The Labute approximate surface area is 214 Å². The molecule has 0 bridgehead atoms. The van der Waals surface area contributed by atoms with Gasteiger partial charge in [-0.25, -0.2) is 14.6 Å². The lowest BCUT2D eigenvalue weighted by molar-refractivity contribution is 0.00566. The van der Waals surface area contributed by atoms with E-state index in [0.717, 1.165) is 11.4 Å². The number of ether oxygens (including phenoxy) is 3. The number of amides is 1. The Morgan fingerprint density at radius 1 is 1.14 bits per heavy atom. The van der Waals surface area contributed by atoms with Crippen molar-refractivity contribution in [2.75, 3.05) is 25.1 Å². The van der Waals surface area contributed by atoms with Gasteiger partial charge < -0.3 is 19.1 Å². The predicted molar refractivity (Wildman–Crippen MR) is 138 cm³/mol. The van der Waals surface area contributed by atoms with Gasteiger partial charge in [0.05, 0.1) is 40.8 Å². The number of hydrogen-bond donors (Lipinski definition) is 0. The molecular formula is C25H33N5O5S. The van der Waals surface area contributed by atoms with Gasteiger partial charge in [0.15, 0.2) is 0 Å². The summed E-state index contributed by atoms with van der Waals surface area (Å²) in [4.78, 5) is 34.1. The smallest absolute Gasteiger partial charge is 0.410 e. The number of thiazole rings is 1. The van der Waals surface area contributed by atoms with Crippen LogP contribution in [0.25, 0.3) is 10.2 Å². The van der Waals surface area contributed by atoms with Crippen molar-refractivity contribution in [1.29, 1.82) is 0 Å². The van der Waals surface area contributed by atoms with Crippen LogP contribution < -0.4 is 9.64 Å². The maximum Gasteiger partial charge on any atom is 0.410 e. The van der Waals surface area contributed by atoms with Crippen molar-refractivity contribution in [3.63, 3.8) is 0 Å². The number of methoxy groups -OCH3 is 1. The van der Waals surface area contributed by atoms with E-state index in [1.54, 1.807) is 21.8 Å². The topological polar surface area (TPSA) is 99.0 Å². The van der Waals surface area contributed by atoms with Crippen LogP contribution in [0.4, 0.5) is 10.5 Å². The van der Waals surface area contributed by atoms with Crippen LogP contribution in [-0.4, -0.2) is 69.6 Å². The first-order valence-corrected chi connectivity index (χ1v) is 12.7. The van der Waals surface area contributed by atoms with Crippen LogP contribution in [0.5, 0.6) is 5.19 Å². The van der Waals surface area contributed by atoms with Crippen molar-refractivity contribution < 1.29 is 23.8 Å². The Bertz CT molecular complexity index is 1250. The Balaban J connectivity index is 1.63. The minimum atomic E-state index is -0.560. The quantitative estimate of drug-likeness (QED) is 0.466. The van der Waals surface area contributed by atoms with Crippen LogP contribution in [0.3, 0.4) is 0 Å². The molecular weight excluding hydrogens is 482 g/mol. The third-order valence-electron chi connectivity index (χ3n) is 6.04. The predicted octanol–water partition coefficient (Wildman–Crippen LogP) is 4.23. The average Bonchev–Trinajstić information content (AvgIpc) is 3.40. The maximum absolute atomic E-state index is 12.8. The largest absolute Gasteiger partial charge is 0.465 e. The number of nitrogens with zero attached hydrogens (tertiary/aromatic N) is 5. The van der Waals surface area contributed by atoms with Crippen molar-refractivity contribution >= 4 is 39.3 Å². The average molecular weight is 516 g/mol. The van der Waals surface area contributed by atoms with Crippen molar-refractivity contribution in [3.05, 3.63) is 35.7 Å². The summed E-state index contributed by atoms with van der Waals surface area (Å²) in [5.74, 6) is -0.426. The third-order valence-corrected chi connectivity index (χ3v) is 7.04. The summed E-state index contributed by atoms with van der Waals surface area (Å²) in [6.45, 7) is 11.1. The van der Waals surface area contributed by atoms with Crippen molar-refractivity contribution in [3.8, 4) is 5.19 Å². The summed E-state index contributed by atoms with van der Waals surface area (Å²) in [5.41, 5.74) is 2.34. The second-order valence-corrected chi connectivity index (χ2v) is 11.0. The van der Waals surface area contributed by atoms with Gasteiger partial charge in [0.2, 0.25) is 0 Å². The number of fused-ring (bicyclic) bond motifs is 1. The van der Waals surface area contributed by atoms with Gasteiger partial charge in [0.1, 0.15) is 17.7 Å². The zero-order chi connectivity index (χ0) is 26.2. The lowest BCUT2D eigenvalue weighted by Crippen LogP contribution is -2.59. The Morgan fingerprint density at radius 2 is 1.83 bits per heavy atom. The molecule has 4 rings (SSSR count). The van der Waals surface area contributed by atoms with Crippen LogP contribution in [0, 0.1) is 0 Å². The lowest BCUT2D eigenvalue weighted by Gasteiger charge is -2.45. The molecule has 36 heavy (non-hydrogen) atoms. The Hall–Kier alpha value is -3.34. The van der Waals surface area contributed by atoms with Gasteiger partial charge in [-0.05, 0) is 52.8 Å². The molecule has 1 saturated heterocycles. The number of anilines is 1. The Morgan fingerprint density at radius 3 is 2.42 bits per heavy atom. The number of hydrogen-bond acceptors (Lipinski definition) is 9. The fourth-order valence-corrected chi connectivity index (χ4v) is 5.37. The standard InChI is InChI=1S/C25H33N5O5S/c1-15-12-29(13-16(2)30(15)24(32)35-25(3,4)5)19-9-8-18(22(31)33-7)21-20(19)27-23(36-21)34-14-17-10-11-26-28(17)6/h8-11,15-16H,12-14H2,1-7H3/t15-,16-/m0/s1. The fourth-order valence-electron chi connectivity index (χ4n) is 4.43. The molecule has 3 aromatic rings. The van der Waals surface area contributed by atoms with E-state index in [0.29, 0.717) is 40.7 Å². The molecule has 0 saturated carbocycles. The molecule has 0 unspecified atom stereocenters. The minimum Gasteiger partial charge on any atom is -0.465 e. The van der Waals surface area contributed by atoms with Crippen LogP contribution in [-0.2, 0) is 23.1 Å². The van der Waals surface area contributed by atoms with Crippen LogP contribution in [0.15, 0.2) is 24.4 Å². The van der Waals surface area contributed by atoms with E-state index in [1.807, 2.05) is 53.8 Å². The van der Waals surface area contributed by atoms with E-state index in [4.69, 9.17) is 19.2 Å². The molecule has 0 aliphatic carbocycles. The van der Waals surface area contributed by atoms with E-state index in [9.17, 15) is 9.59 Å². The van der Waals surface area contributed by atoms with Gasteiger partial charge in [-0.3, -0.25) is 9.58 Å². The summed E-state index contributed by atoms with van der Waals surface area (Å²) in [6.07, 6.45) is 1.40. The summed E-state index contributed by atoms with van der Waals surface area (Å²) in [6, 6.07) is 5.37. The highest BCUT2D eigenvalue weighted by Gasteiger charge is 2.36. The number of esters is 1. The van der Waals surface area contributed by atoms with Gasteiger partial charge in [-0.1, -0.05) is 11.3 Å². The molecule has 1 aliphatic heterocycles. The van der Waals surface area contributed by atoms with E-state index in [1.165, 1.54) is 18.4 Å². The molecule has 1 aromatic carbocycles. The SMILES string of the molecule is COC(=O)c1ccc(N2C[C@H](C)N(C(=O)OC(C)(C)C)[C@@H](C)C2)c2nc(OCc3ccnn3C)sc12. The molecule has 1 amide bonds. The molecule has 2 aromatic heterocycles. The second-order valence-electron chi connectivity index (χ2n) is 10.0. The van der Waals surface area contributed by atoms with Crippen LogP contribution >= 0.6 is 11.3 Å². The summed E-state index contributed by atoms with van der Waals surface area (Å²) >= 11 is 1.31. The summed E-state index contributed by atoms with van der Waals surface area (Å²) in [5, 5.41) is 4.62. The van der Waals surface area contributed by atoms with E-state index >= 15 is 0 Å². The van der Waals surface area contributed by atoms with Gasteiger partial charge in [0.25, 0.3) is 5.19 Å². The third kappa shape index (κ3) is 5.25. The molecule has 194 valence electrons. The first-order valence-electron chi connectivity index (χ1n) is 11.9. The lowest BCUT2D eigenvalue weighted by atomic mass is 10.1. The second kappa shape index (κ2) is 9.96. The molecule has 3 heterocycles. The van der Waals surface area contributed by atoms with Gasteiger partial charge in [0, 0.05) is 26.3 Å². The van der Waals surface area contributed by atoms with Crippen molar-refractivity contribution in [2.45, 2.75) is 58.9 Å². The van der Waals surface area contributed by atoms with E-state index < -0.39 is 11.6 Å².